The predicted octanol–water partition coefficient (Wildman–Crippen LogP) is 1.40. The highest BCUT2D eigenvalue weighted by molar-refractivity contribution is 5.85. The molecule has 1 aliphatic rings. The first-order valence-electron chi connectivity index (χ1n) is 6.89. The number of carboxylic acid groups (broad SMARTS) is 1. The Balaban J connectivity index is 2.41. The van der Waals surface area contributed by atoms with Crippen LogP contribution in [-0.4, -0.2) is 34.7 Å². The van der Waals surface area contributed by atoms with Gasteiger partial charge in [0.05, 0.1) is 17.9 Å². The topological polar surface area (TPSA) is 86.6 Å². The fourth-order valence-electron chi connectivity index (χ4n) is 2.70. The summed E-state index contributed by atoms with van der Waals surface area (Å²) in [6, 6.07) is 0. The average Bonchev–Trinajstić information content (AvgIpc) is 2.72. The summed E-state index contributed by atoms with van der Waals surface area (Å²) in [6.45, 7) is 6.26. The number of carbonyl (C=O) groups is 2. The minimum absolute atomic E-state index is 0.00109. The highest BCUT2D eigenvalue weighted by atomic mass is 16.4. The minimum Gasteiger partial charge on any atom is -0.481 e. The fraction of sp³-hybridized carbons (Fsp3) is 0.857. The van der Waals surface area contributed by atoms with Gasteiger partial charge in [-0.3, -0.25) is 9.59 Å². The summed E-state index contributed by atoms with van der Waals surface area (Å²) in [6.07, 6.45) is 1.98. The molecule has 5 nitrogen and oxygen atoms in total. The van der Waals surface area contributed by atoms with Crippen molar-refractivity contribution in [1.29, 1.82) is 0 Å². The number of nitrogens with one attached hydrogen (secondary N) is 1. The number of aliphatic hydroxyl groups is 1. The number of hydrogen-bond acceptors (Lipinski definition) is 3. The largest absolute Gasteiger partial charge is 0.481 e. The Labute approximate surface area is 114 Å². The lowest BCUT2D eigenvalue weighted by Crippen LogP contribution is -2.40. The molecular formula is C14H25NO4. The molecule has 0 heterocycles. The van der Waals surface area contributed by atoms with Crippen molar-refractivity contribution < 1.29 is 19.8 Å². The molecule has 0 aromatic heterocycles. The molecule has 110 valence electrons. The van der Waals surface area contributed by atoms with E-state index in [1.54, 1.807) is 0 Å². The monoisotopic (exact) mass is 271 g/mol. The Morgan fingerprint density at radius 3 is 2.37 bits per heavy atom. The van der Waals surface area contributed by atoms with Crippen LogP contribution in [0.2, 0.25) is 0 Å². The van der Waals surface area contributed by atoms with E-state index in [2.05, 4.69) is 5.32 Å². The van der Waals surface area contributed by atoms with Crippen LogP contribution in [0, 0.1) is 17.3 Å². The summed E-state index contributed by atoms with van der Waals surface area (Å²) in [5.41, 5.74) is 0.00109. The molecule has 0 saturated heterocycles. The number of hydrogen-bond donors (Lipinski definition) is 3. The molecule has 3 N–H and O–H groups in total. The second-order valence-corrected chi connectivity index (χ2v) is 6.65. The normalized spacial score (nSPS) is 25.1. The number of carboxylic acids is 1. The molecule has 1 rings (SSSR count). The third-order valence-corrected chi connectivity index (χ3v) is 3.53. The van der Waals surface area contributed by atoms with E-state index in [1.807, 2.05) is 20.8 Å². The van der Waals surface area contributed by atoms with Crippen LogP contribution in [0.5, 0.6) is 0 Å². The summed E-state index contributed by atoms with van der Waals surface area (Å²) < 4.78 is 0. The lowest BCUT2D eigenvalue weighted by atomic mass is 9.89. The molecule has 0 bridgehead atoms. The van der Waals surface area contributed by atoms with Gasteiger partial charge in [0.2, 0.25) is 5.91 Å². The van der Waals surface area contributed by atoms with E-state index in [-0.39, 0.29) is 17.9 Å². The summed E-state index contributed by atoms with van der Waals surface area (Å²) in [5, 5.41) is 21.5. The van der Waals surface area contributed by atoms with E-state index in [0.29, 0.717) is 19.3 Å². The van der Waals surface area contributed by atoms with Crippen LogP contribution in [0.1, 0.15) is 46.5 Å². The zero-order valence-electron chi connectivity index (χ0n) is 12.0. The maximum atomic E-state index is 11.9. The fourth-order valence-corrected chi connectivity index (χ4v) is 2.70. The van der Waals surface area contributed by atoms with Crippen LogP contribution >= 0.6 is 0 Å². The first kappa shape index (κ1) is 16.0. The molecule has 1 aliphatic carbocycles. The van der Waals surface area contributed by atoms with Gasteiger partial charge in [0.15, 0.2) is 0 Å². The second-order valence-electron chi connectivity index (χ2n) is 6.65. The Morgan fingerprint density at radius 2 is 1.84 bits per heavy atom. The van der Waals surface area contributed by atoms with Crippen molar-refractivity contribution in [3.8, 4) is 0 Å². The van der Waals surface area contributed by atoms with E-state index in [1.165, 1.54) is 0 Å². The molecule has 0 aliphatic heterocycles. The van der Waals surface area contributed by atoms with E-state index in [4.69, 9.17) is 5.11 Å². The quantitative estimate of drug-likeness (QED) is 0.705. The van der Waals surface area contributed by atoms with Crippen LogP contribution in [-0.2, 0) is 9.59 Å². The van der Waals surface area contributed by atoms with Gasteiger partial charge in [-0.2, -0.15) is 0 Å². The molecular weight excluding hydrogens is 246 g/mol. The number of aliphatic carboxylic acids is 1. The van der Waals surface area contributed by atoms with Crippen LogP contribution in [0.4, 0.5) is 0 Å². The van der Waals surface area contributed by atoms with E-state index in [9.17, 15) is 14.7 Å². The Kier molecular flexibility index (Phi) is 5.35. The predicted molar refractivity (Wildman–Crippen MR) is 71.6 cm³/mol. The van der Waals surface area contributed by atoms with Gasteiger partial charge in [0.1, 0.15) is 0 Å². The standard InChI is InChI=1S/C14H25NO4/c1-14(2,3)7-9(16)8-15-12(17)10-5-4-6-11(10)13(18)19/h9-11,16H,4-8H2,1-3H3,(H,15,17)(H,18,19)/t9?,10-,11+/m1/s1. The van der Waals surface area contributed by atoms with Crippen molar-refractivity contribution in [3.05, 3.63) is 0 Å². The van der Waals surface area contributed by atoms with Gasteiger partial charge in [0.25, 0.3) is 0 Å². The Morgan fingerprint density at radius 1 is 1.26 bits per heavy atom. The molecule has 3 atom stereocenters. The molecule has 5 heteroatoms. The van der Waals surface area contributed by atoms with Crippen molar-refractivity contribution in [3.63, 3.8) is 0 Å². The van der Waals surface area contributed by atoms with Gasteiger partial charge in [-0.25, -0.2) is 0 Å². The lowest BCUT2D eigenvalue weighted by Gasteiger charge is -2.23. The Bertz CT molecular complexity index is 335. The van der Waals surface area contributed by atoms with E-state index >= 15 is 0 Å². The molecule has 1 fully saturated rings. The third kappa shape index (κ3) is 5.19. The first-order chi connectivity index (χ1) is 8.70. The van der Waals surface area contributed by atoms with Crippen LogP contribution in [0.3, 0.4) is 0 Å². The summed E-state index contributed by atoms with van der Waals surface area (Å²) >= 11 is 0. The highest BCUT2D eigenvalue weighted by Crippen LogP contribution is 2.32. The summed E-state index contributed by atoms with van der Waals surface area (Å²) in [5.74, 6) is -2.15. The molecule has 1 saturated carbocycles. The first-order valence-corrected chi connectivity index (χ1v) is 6.89. The molecule has 1 amide bonds. The number of rotatable bonds is 5. The van der Waals surface area contributed by atoms with E-state index < -0.39 is 23.9 Å². The van der Waals surface area contributed by atoms with Crippen LogP contribution in [0.25, 0.3) is 0 Å². The van der Waals surface area contributed by atoms with Crippen LogP contribution < -0.4 is 5.32 Å². The zero-order valence-corrected chi connectivity index (χ0v) is 12.0. The minimum atomic E-state index is -0.895. The van der Waals surface area contributed by atoms with Gasteiger partial charge in [-0.05, 0) is 24.7 Å². The molecule has 0 aromatic carbocycles. The lowest BCUT2D eigenvalue weighted by molar-refractivity contribution is -0.146. The smallest absolute Gasteiger partial charge is 0.307 e. The molecule has 0 spiro atoms. The van der Waals surface area contributed by atoms with Gasteiger partial charge < -0.3 is 15.5 Å². The van der Waals surface area contributed by atoms with Gasteiger partial charge in [-0.1, -0.05) is 27.2 Å². The van der Waals surface area contributed by atoms with Crippen molar-refractivity contribution >= 4 is 11.9 Å². The second kappa shape index (κ2) is 6.37. The maximum Gasteiger partial charge on any atom is 0.307 e. The third-order valence-electron chi connectivity index (χ3n) is 3.53. The zero-order chi connectivity index (χ0) is 14.6. The molecule has 1 unspecified atom stereocenters. The highest BCUT2D eigenvalue weighted by Gasteiger charge is 2.37. The molecule has 0 radical (unpaired) electrons. The summed E-state index contributed by atoms with van der Waals surface area (Å²) in [4.78, 5) is 23.0. The molecule has 19 heavy (non-hydrogen) atoms. The van der Waals surface area contributed by atoms with Gasteiger partial charge >= 0.3 is 5.97 Å². The molecule has 0 aromatic rings. The van der Waals surface area contributed by atoms with Crippen LogP contribution in [0.15, 0.2) is 0 Å². The average molecular weight is 271 g/mol. The van der Waals surface area contributed by atoms with Crippen molar-refractivity contribution in [2.24, 2.45) is 17.3 Å². The maximum absolute atomic E-state index is 11.9. The number of carbonyl (C=O) groups excluding carboxylic acids is 1. The number of amides is 1. The van der Waals surface area contributed by atoms with E-state index in [0.717, 1.165) is 6.42 Å². The van der Waals surface area contributed by atoms with Gasteiger partial charge in [0, 0.05) is 6.54 Å². The Hall–Kier alpha value is -1.10. The van der Waals surface area contributed by atoms with Gasteiger partial charge in [-0.15, -0.1) is 0 Å². The number of aliphatic hydroxyl groups excluding tert-OH is 1. The van der Waals surface area contributed by atoms with Crippen molar-refractivity contribution in [1.82, 2.24) is 5.32 Å². The van der Waals surface area contributed by atoms with Crippen molar-refractivity contribution in [2.45, 2.75) is 52.6 Å². The summed E-state index contributed by atoms with van der Waals surface area (Å²) in [7, 11) is 0. The SMILES string of the molecule is CC(C)(C)CC(O)CNC(=O)[C@@H]1CCC[C@@H]1C(=O)O. The van der Waals surface area contributed by atoms with Crippen molar-refractivity contribution in [2.75, 3.05) is 6.54 Å².